The Labute approximate surface area is 164 Å². The van der Waals surface area contributed by atoms with Gasteiger partial charge < -0.3 is 5.32 Å². The first-order chi connectivity index (χ1) is 12.5. The van der Waals surface area contributed by atoms with Crippen LogP contribution in [0, 0.1) is 13.8 Å². The predicted molar refractivity (Wildman–Crippen MR) is 109 cm³/mol. The van der Waals surface area contributed by atoms with E-state index >= 15 is 0 Å². The third-order valence-corrected chi connectivity index (χ3v) is 4.69. The molecule has 5 nitrogen and oxygen atoms in total. The van der Waals surface area contributed by atoms with E-state index in [1.165, 1.54) is 0 Å². The minimum absolute atomic E-state index is 0.625. The molecule has 2 aromatic carbocycles. The van der Waals surface area contributed by atoms with Crippen molar-refractivity contribution in [2.24, 2.45) is 0 Å². The van der Waals surface area contributed by atoms with E-state index in [1.54, 1.807) is 4.68 Å². The Morgan fingerprint density at radius 1 is 0.962 bits per heavy atom. The zero-order valence-corrected chi connectivity index (χ0v) is 16.5. The molecule has 26 heavy (non-hydrogen) atoms. The van der Waals surface area contributed by atoms with Crippen LogP contribution in [0.2, 0.25) is 5.02 Å². The largest absolute Gasteiger partial charge is 0.337 e. The van der Waals surface area contributed by atoms with E-state index < -0.39 is 0 Å². The Morgan fingerprint density at radius 2 is 1.73 bits per heavy atom. The quantitative estimate of drug-likeness (QED) is 0.462. The van der Waals surface area contributed by atoms with E-state index in [9.17, 15) is 0 Å². The van der Waals surface area contributed by atoms with Gasteiger partial charge in [0.1, 0.15) is 0 Å². The highest BCUT2D eigenvalue weighted by molar-refractivity contribution is 9.10. The van der Waals surface area contributed by atoms with Crippen LogP contribution in [0.25, 0.3) is 16.9 Å². The summed E-state index contributed by atoms with van der Waals surface area (Å²) in [6, 6.07) is 15.4. The first-order valence-electron chi connectivity index (χ1n) is 8.03. The highest BCUT2D eigenvalue weighted by atomic mass is 79.9. The van der Waals surface area contributed by atoms with Crippen molar-refractivity contribution in [1.82, 2.24) is 19.7 Å². The Kier molecular flexibility index (Phi) is 4.38. The third kappa shape index (κ3) is 3.30. The Balaban J connectivity index is 1.90. The molecule has 0 fully saturated rings. The summed E-state index contributed by atoms with van der Waals surface area (Å²) in [5, 5.41) is 8.54. The molecule has 7 heteroatoms. The number of halogens is 2. The number of nitrogens with one attached hydrogen (secondary N) is 1. The van der Waals surface area contributed by atoms with E-state index in [0.717, 1.165) is 32.6 Å². The average molecular weight is 429 g/mol. The number of benzene rings is 2. The second-order valence-corrected chi connectivity index (χ2v) is 7.35. The number of hydrogen-bond donors (Lipinski definition) is 1. The molecule has 4 rings (SSSR count). The summed E-state index contributed by atoms with van der Waals surface area (Å²) in [5.74, 6) is 1.27. The smallest absolute Gasteiger partial charge is 0.197 e. The van der Waals surface area contributed by atoms with Crippen molar-refractivity contribution < 1.29 is 0 Å². The third-order valence-electron chi connectivity index (χ3n) is 3.93. The maximum Gasteiger partial charge on any atom is 0.197 e. The van der Waals surface area contributed by atoms with Gasteiger partial charge in [-0.1, -0.05) is 27.5 Å². The van der Waals surface area contributed by atoms with Gasteiger partial charge >= 0.3 is 0 Å². The number of hydrogen-bond acceptors (Lipinski definition) is 4. The van der Waals surface area contributed by atoms with Gasteiger partial charge in [-0.25, -0.2) is 14.6 Å². The number of aryl methyl sites for hydroxylation is 2. The molecule has 0 unspecified atom stereocenters. The number of rotatable bonds is 3. The van der Waals surface area contributed by atoms with Crippen molar-refractivity contribution in [2.45, 2.75) is 13.8 Å². The monoisotopic (exact) mass is 427 g/mol. The molecule has 0 aliphatic carbocycles. The van der Waals surface area contributed by atoms with Gasteiger partial charge in [-0.3, -0.25) is 0 Å². The van der Waals surface area contributed by atoms with Gasteiger partial charge in [-0.2, -0.15) is 5.10 Å². The van der Waals surface area contributed by atoms with Gasteiger partial charge in [-0.05, 0) is 62.4 Å². The highest BCUT2D eigenvalue weighted by Gasteiger charge is 2.15. The summed E-state index contributed by atoms with van der Waals surface area (Å²) in [6.45, 7) is 3.95. The van der Waals surface area contributed by atoms with Crippen LogP contribution in [0.3, 0.4) is 0 Å². The van der Waals surface area contributed by atoms with E-state index in [2.05, 4.69) is 26.3 Å². The van der Waals surface area contributed by atoms with Crippen LogP contribution < -0.4 is 5.32 Å². The second-order valence-electron chi connectivity index (χ2n) is 6.00. The minimum Gasteiger partial charge on any atom is -0.337 e. The Morgan fingerprint density at radius 3 is 2.42 bits per heavy atom. The zero-order valence-electron chi connectivity index (χ0n) is 14.2. The van der Waals surface area contributed by atoms with Crippen molar-refractivity contribution in [3.05, 3.63) is 69.4 Å². The molecule has 2 heterocycles. The lowest BCUT2D eigenvalue weighted by Crippen LogP contribution is -2.08. The molecular formula is C19H15BrClN5. The molecule has 1 N–H and O–H groups in total. The molecule has 0 radical (unpaired) electrons. The minimum atomic E-state index is 0.625. The lowest BCUT2D eigenvalue weighted by atomic mass is 10.3. The summed E-state index contributed by atoms with van der Waals surface area (Å²) in [5.41, 5.74) is 4.31. The number of anilines is 2. The van der Waals surface area contributed by atoms with Crippen LogP contribution in [-0.4, -0.2) is 19.7 Å². The summed E-state index contributed by atoms with van der Waals surface area (Å²) >= 11 is 9.58. The van der Waals surface area contributed by atoms with Crippen molar-refractivity contribution in [3.8, 4) is 5.82 Å². The maximum absolute atomic E-state index is 6.13. The second kappa shape index (κ2) is 6.70. The normalized spacial score (nSPS) is 11.1. The molecule has 0 aliphatic rings. The molecule has 0 saturated heterocycles. The average Bonchev–Trinajstić information content (AvgIpc) is 2.94. The fourth-order valence-electron chi connectivity index (χ4n) is 2.76. The fraction of sp³-hybridized carbons (Fsp3) is 0.105. The number of fused-ring (bicyclic) bond motifs is 1. The van der Waals surface area contributed by atoms with Gasteiger partial charge in [0.2, 0.25) is 0 Å². The highest BCUT2D eigenvalue weighted by Crippen LogP contribution is 2.27. The molecule has 0 saturated carbocycles. The van der Waals surface area contributed by atoms with Crippen LogP contribution in [0.4, 0.5) is 11.5 Å². The molecule has 0 aliphatic heterocycles. The van der Waals surface area contributed by atoms with Crippen molar-refractivity contribution in [3.63, 3.8) is 0 Å². The van der Waals surface area contributed by atoms with E-state index in [1.807, 2.05) is 62.4 Å². The van der Waals surface area contributed by atoms with E-state index in [4.69, 9.17) is 21.6 Å². The topological polar surface area (TPSA) is 55.6 Å². The van der Waals surface area contributed by atoms with Crippen molar-refractivity contribution in [1.29, 1.82) is 0 Å². The van der Waals surface area contributed by atoms with Crippen LogP contribution in [0.1, 0.15) is 11.4 Å². The number of aromatic nitrogens is 4. The molecule has 130 valence electrons. The van der Waals surface area contributed by atoms with Gasteiger partial charge in [0.15, 0.2) is 11.6 Å². The standard InChI is InChI=1S/C19H15BrClN5/c1-11-9-12(2)26(25-11)19-18(22-15-6-3-13(20)4-7-15)23-16-8-5-14(21)10-17(16)24-19/h3-10H,1-2H3,(H,22,23). The molecule has 0 amide bonds. The molecular weight excluding hydrogens is 414 g/mol. The van der Waals surface area contributed by atoms with Crippen molar-refractivity contribution >= 4 is 50.1 Å². The SMILES string of the molecule is Cc1cc(C)n(-c2nc3cc(Cl)ccc3nc2Nc2ccc(Br)cc2)n1. The first kappa shape index (κ1) is 17.0. The van der Waals surface area contributed by atoms with Gasteiger partial charge in [0.05, 0.1) is 16.7 Å². The first-order valence-corrected chi connectivity index (χ1v) is 9.20. The Hall–Kier alpha value is -2.44. The van der Waals surface area contributed by atoms with E-state index in [-0.39, 0.29) is 0 Å². The van der Waals surface area contributed by atoms with Crippen LogP contribution >= 0.6 is 27.5 Å². The zero-order chi connectivity index (χ0) is 18.3. The van der Waals surface area contributed by atoms with Crippen LogP contribution in [0.5, 0.6) is 0 Å². The van der Waals surface area contributed by atoms with Crippen molar-refractivity contribution in [2.75, 3.05) is 5.32 Å². The fourth-order valence-corrected chi connectivity index (χ4v) is 3.19. The number of nitrogens with zero attached hydrogens (tertiary/aromatic N) is 4. The summed E-state index contributed by atoms with van der Waals surface area (Å²) in [4.78, 5) is 9.53. The molecule has 0 atom stereocenters. The molecule has 4 aromatic rings. The summed E-state index contributed by atoms with van der Waals surface area (Å²) in [7, 11) is 0. The van der Waals surface area contributed by atoms with Gasteiger partial charge in [0, 0.05) is 20.9 Å². The Bertz CT molecular complexity index is 1110. The molecule has 2 aromatic heterocycles. The van der Waals surface area contributed by atoms with E-state index in [0.29, 0.717) is 16.7 Å². The summed E-state index contributed by atoms with van der Waals surface area (Å²) < 4.78 is 2.81. The van der Waals surface area contributed by atoms with Gasteiger partial charge in [0.25, 0.3) is 0 Å². The summed E-state index contributed by atoms with van der Waals surface area (Å²) in [6.07, 6.45) is 0. The predicted octanol–water partition coefficient (Wildman–Crippen LogP) is 5.59. The lowest BCUT2D eigenvalue weighted by molar-refractivity contribution is 0.808. The lowest BCUT2D eigenvalue weighted by Gasteiger charge is -2.13. The van der Waals surface area contributed by atoms with Crippen LogP contribution in [0.15, 0.2) is 53.0 Å². The molecule has 0 spiro atoms. The van der Waals surface area contributed by atoms with Crippen LogP contribution in [-0.2, 0) is 0 Å². The molecule has 0 bridgehead atoms. The maximum atomic E-state index is 6.13. The van der Waals surface area contributed by atoms with Gasteiger partial charge in [-0.15, -0.1) is 0 Å².